The molecule has 1 unspecified atom stereocenters. The van der Waals surface area contributed by atoms with Crippen molar-refractivity contribution in [3.05, 3.63) is 59.7 Å². The van der Waals surface area contributed by atoms with Crippen LogP contribution in [0.2, 0.25) is 0 Å². The van der Waals surface area contributed by atoms with E-state index in [1.807, 2.05) is 24.3 Å². The predicted molar refractivity (Wildman–Crippen MR) is 73.5 cm³/mol. The predicted octanol–water partition coefficient (Wildman–Crippen LogP) is 2.31. The second-order valence-electron chi connectivity index (χ2n) is 4.88. The Bertz CT molecular complexity index is 584. The van der Waals surface area contributed by atoms with Crippen LogP contribution in [-0.2, 0) is 0 Å². The number of rotatable bonds is 5. The summed E-state index contributed by atoms with van der Waals surface area (Å²) in [6.07, 6.45) is 5.34. The smallest absolute Gasteiger partial charge is 0.146 e. The zero-order chi connectivity index (χ0) is 13.9. The molecule has 1 fully saturated rings. The van der Waals surface area contributed by atoms with E-state index in [1.165, 1.54) is 6.20 Å². The van der Waals surface area contributed by atoms with E-state index in [4.69, 9.17) is 10.6 Å². The van der Waals surface area contributed by atoms with Crippen LogP contribution in [0.4, 0.5) is 4.39 Å². The molecule has 3 N–H and O–H groups in total. The molecule has 1 aromatic carbocycles. The van der Waals surface area contributed by atoms with Gasteiger partial charge >= 0.3 is 0 Å². The summed E-state index contributed by atoms with van der Waals surface area (Å²) in [5.41, 5.74) is 3.99. The summed E-state index contributed by atoms with van der Waals surface area (Å²) in [7, 11) is 0. The summed E-state index contributed by atoms with van der Waals surface area (Å²) in [6.45, 7) is 0. The molecule has 0 bridgehead atoms. The lowest BCUT2D eigenvalue weighted by Crippen LogP contribution is -2.29. The molecule has 0 amide bonds. The lowest BCUT2D eigenvalue weighted by molar-refractivity contribution is 0.303. The van der Waals surface area contributed by atoms with Crippen molar-refractivity contribution in [1.29, 1.82) is 0 Å². The highest BCUT2D eigenvalue weighted by molar-refractivity contribution is 5.35. The lowest BCUT2D eigenvalue weighted by atomic mass is 10.00. The molecule has 1 aliphatic carbocycles. The highest BCUT2D eigenvalue weighted by Gasteiger charge is 2.23. The van der Waals surface area contributed by atoms with Crippen LogP contribution in [0.15, 0.2) is 42.7 Å². The average molecular weight is 273 g/mol. The van der Waals surface area contributed by atoms with Crippen molar-refractivity contribution in [2.45, 2.75) is 25.0 Å². The Morgan fingerprint density at radius 2 is 2.00 bits per heavy atom. The second kappa shape index (κ2) is 5.56. The summed E-state index contributed by atoms with van der Waals surface area (Å²) in [6, 6.07) is 8.76. The Morgan fingerprint density at radius 1 is 1.25 bits per heavy atom. The molecule has 20 heavy (non-hydrogen) atoms. The number of nitrogens with zero attached hydrogens (tertiary/aromatic N) is 1. The number of hydrogen-bond acceptors (Lipinski definition) is 4. The third-order valence-electron chi connectivity index (χ3n) is 3.32. The number of halogens is 1. The van der Waals surface area contributed by atoms with Gasteiger partial charge in [0.25, 0.3) is 0 Å². The quantitative estimate of drug-likeness (QED) is 0.648. The number of hydrogen-bond donors (Lipinski definition) is 2. The fraction of sp³-hybridized carbons (Fsp3) is 0.267. The summed E-state index contributed by atoms with van der Waals surface area (Å²) in [5, 5.41) is 0. The Hall–Kier alpha value is -1.98. The maximum absolute atomic E-state index is 13.8. The third-order valence-corrected chi connectivity index (χ3v) is 3.32. The molecular weight excluding hydrogens is 257 g/mol. The van der Waals surface area contributed by atoms with E-state index >= 15 is 0 Å². The van der Waals surface area contributed by atoms with Crippen LogP contribution in [0.5, 0.6) is 5.75 Å². The standard InChI is InChI=1S/C15H16FN3O/c16-14-9-18-8-7-13(14)15(19-17)10-1-3-11(4-2-10)20-12-5-6-12/h1-4,7-9,12,15,19H,5-6,17H2. The molecular formula is C15H16FN3O. The topological polar surface area (TPSA) is 60.2 Å². The number of hydrazine groups is 1. The zero-order valence-electron chi connectivity index (χ0n) is 10.9. The fourth-order valence-corrected chi connectivity index (χ4v) is 2.10. The van der Waals surface area contributed by atoms with Crippen molar-refractivity contribution >= 4 is 0 Å². The van der Waals surface area contributed by atoms with E-state index in [9.17, 15) is 4.39 Å². The van der Waals surface area contributed by atoms with Gasteiger partial charge in [-0.05, 0) is 36.6 Å². The number of nitrogens with two attached hydrogens (primary N) is 1. The zero-order valence-corrected chi connectivity index (χ0v) is 10.9. The van der Waals surface area contributed by atoms with Gasteiger partial charge in [0.1, 0.15) is 11.6 Å². The Morgan fingerprint density at radius 3 is 2.60 bits per heavy atom. The molecule has 0 spiro atoms. The van der Waals surface area contributed by atoms with Gasteiger partial charge in [0.2, 0.25) is 0 Å². The highest BCUT2D eigenvalue weighted by atomic mass is 19.1. The van der Waals surface area contributed by atoms with Crippen LogP contribution in [0.3, 0.4) is 0 Å². The molecule has 5 heteroatoms. The summed E-state index contributed by atoms with van der Waals surface area (Å²) in [5.74, 6) is 6.02. The van der Waals surface area contributed by atoms with Gasteiger partial charge in [0.15, 0.2) is 0 Å². The van der Waals surface area contributed by atoms with Gasteiger partial charge in [0, 0.05) is 11.8 Å². The van der Waals surface area contributed by atoms with Crippen molar-refractivity contribution in [3.63, 3.8) is 0 Å². The first-order valence-electron chi connectivity index (χ1n) is 6.60. The van der Waals surface area contributed by atoms with E-state index in [0.717, 1.165) is 24.2 Å². The Kier molecular flexibility index (Phi) is 3.62. The van der Waals surface area contributed by atoms with Crippen molar-refractivity contribution in [2.75, 3.05) is 0 Å². The summed E-state index contributed by atoms with van der Waals surface area (Å²) >= 11 is 0. The molecule has 3 rings (SSSR count). The Labute approximate surface area is 116 Å². The normalized spacial score (nSPS) is 15.9. The van der Waals surface area contributed by atoms with Gasteiger partial charge in [-0.3, -0.25) is 10.8 Å². The molecule has 4 nitrogen and oxygen atoms in total. The number of aromatic nitrogens is 1. The SMILES string of the molecule is NNC(c1ccc(OC2CC2)cc1)c1ccncc1F. The molecule has 0 radical (unpaired) electrons. The molecule has 1 atom stereocenters. The minimum Gasteiger partial charge on any atom is -0.490 e. The molecule has 0 saturated heterocycles. The number of benzene rings is 1. The van der Waals surface area contributed by atoms with Gasteiger partial charge in [-0.25, -0.2) is 9.82 Å². The van der Waals surface area contributed by atoms with E-state index in [0.29, 0.717) is 11.7 Å². The minimum atomic E-state index is -0.409. The van der Waals surface area contributed by atoms with Crippen molar-refractivity contribution < 1.29 is 9.13 Å². The number of ether oxygens (including phenoxy) is 1. The third kappa shape index (κ3) is 2.79. The largest absolute Gasteiger partial charge is 0.490 e. The highest BCUT2D eigenvalue weighted by Crippen LogP contribution is 2.29. The first-order chi connectivity index (χ1) is 9.78. The molecule has 104 valence electrons. The van der Waals surface area contributed by atoms with E-state index in [-0.39, 0.29) is 5.82 Å². The molecule has 1 aromatic heterocycles. The van der Waals surface area contributed by atoms with Crippen molar-refractivity contribution in [3.8, 4) is 5.75 Å². The summed E-state index contributed by atoms with van der Waals surface area (Å²) in [4.78, 5) is 3.75. The van der Waals surface area contributed by atoms with Gasteiger partial charge < -0.3 is 4.74 Å². The Balaban J connectivity index is 1.83. The fourth-order valence-electron chi connectivity index (χ4n) is 2.10. The monoisotopic (exact) mass is 273 g/mol. The van der Waals surface area contributed by atoms with Gasteiger partial charge in [-0.2, -0.15) is 0 Å². The molecule has 0 aliphatic heterocycles. The maximum Gasteiger partial charge on any atom is 0.146 e. The van der Waals surface area contributed by atoms with E-state index in [1.54, 1.807) is 12.3 Å². The van der Waals surface area contributed by atoms with Crippen LogP contribution < -0.4 is 16.0 Å². The van der Waals surface area contributed by atoms with Crippen LogP contribution in [0.25, 0.3) is 0 Å². The molecule has 1 aliphatic rings. The van der Waals surface area contributed by atoms with Gasteiger partial charge in [0.05, 0.1) is 18.3 Å². The number of pyridine rings is 1. The van der Waals surface area contributed by atoms with E-state index < -0.39 is 6.04 Å². The van der Waals surface area contributed by atoms with Crippen LogP contribution >= 0.6 is 0 Å². The van der Waals surface area contributed by atoms with Crippen LogP contribution in [0.1, 0.15) is 30.0 Å². The summed E-state index contributed by atoms with van der Waals surface area (Å²) < 4.78 is 19.5. The molecule has 2 aromatic rings. The number of nitrogens with one attached hydrogen (secondary N) is 1. The first-order valence-corrected chi connectivity index (χ1v) is 6.60. The van der Waals surface area contributed by atoms with Crippen LogP contribution in [0, 0.1) is 5.82 Å². The van der Waals surface area contributed by atoms with Gasteiger partial charge in [-0.15, -0.1) is 0 Å². The lowest BCUT2D eigenvalue weighted by Gasteiger charge is -2.17. The van der Waals surface area contributed by atoms with Gasteiger partial charge in [-0.1, -0.05) is 12.1 Å². The second-order valence-corrected chi connectivity index (χ2v) is 4.88. The minimum absolute atomic E-state index is 0.363. The average Bonchev–Trinajstić information content (AvgIpc) is 3.27. The molecule has 1 heterocycles. The molecule has 1 saturated carbocycles. The first kappa shape index (κ1) is 13.0. The van der Waals surface area contributed by atoms with Crippen molar-refractivity contribution in [1.82, 2.24) is 10.4 Å². The van der Waals surface area contributed by atoms with E-state index in [2.05, 4.69) is 10.4 Å². The van der Waals surface area contributed by atoms with Crippen LogP contribution in [-0.4, -0.2) is 11.1 Å². The van der Waals surface area contributed by atoms with Crippen molar-refractivity contribution in [2.24, 2.45) is 5.84 Å². The maximum atomic E-state index is 13.8.